The van der Waals surface area contributed by atoms with Crippen molar-refractivity contribution < 1.29 is 13.2 Å². The Bertz CT molecular complexity index is 1070. The van der Waals surface area contributed by atoms with Crippen LogP contribution in [0.4, 0.5) is 13.2 Å². The van der Waals surface area contributed by atoms with Gasteiger partial charge in [-0.3, -0.25) is 0 Å². The Labute approximate surface area is 153 Å². The van der Waals surface area contributed by atoms with Gasteiger partial charge < -0.3 is 4.57 Å². The zero-order valence-corrected chi connectivity index (χ0v) is 14.9. The fourth-order valence-corrected chi connectivity index (χ4v) is 4.31. The Kier molecular flexibility index (Phi) is 4.16. The summed E-state index contributed by atoms with van der Waals surface area (Å²) in [5, 5.41) is 8.32. The Balaban J connectivity index is 1.74. The van der Waals surface area contributed by atoms with E-state index in [2.05, 4.69) is 20.2 Å². The molecule has 132 valence electrons. The standard InChI is InChI=1S/C16H10F3N5S2/c1-24-14(16(17,18)19)22-23-15(24)26-13-10-7-11(9-5-3-2-4-6-9)25-12(10)20-8-21-13/h2-8H,1H3. The van der Waals surface area contributed by atoms with Crippen LogP contribution < -0.4 is 0 Å². The van der Waals surface area contributed by atoms with Gasteiger partial charge >= 0.3 is 6.18 Å². The van der Waals surface area contributed by atoms with Crippen molar-refractivity contribution in [2.45, 2.75) is 16.4 Å². The van der Waals surface area contributed by atoms with Crippen LogP contribution in [0, 0.1) is 0 Å². The van der Waals surface area contributed by atoms with Crippen molar-refractivity contribution in [2.75, 3.05) is 0 Å². The molecule has 0 atom stereocenters. The Morgan fingerprint density at radius 3 is 2.54 bits per heavy atom. The van der Waals surface area contributed by atoms with E-state index in [9.17, 15) is 13.2 Å². The summed E-state index contributed by atoms with van der Waals surface area (Å²) in [4.78, 5) is 10.3. The summed E-state index contributed by atoms with van der Waals surface area (Å²) in [6.45, 7) is 0. The first-order valence-corrected chi connectivity index (χ1v) is 9.01. The SMILES string of the molecule is Cn1c(Sc2ncnc3sc(-c4ccccc4)cc23)nnc1C(F)(F)F. The zero-order valence-electron chi connectivity index (χ0n) is 13.2. The van der Waals surface area contributed by atoms with Crippen molar-refractivity contribution in [2.24, 2.45) is 7.05 Å². The molecule has 0 saturated carbocycles. The Hall–Kier alpha value is -2.46. The second-order valence-corrected chi connectivity index (χ2v) is 7.33. The van der Waals surface area contributed by atoms with Crippen LogP contribution in [-0.2, 0) is 13.2 Å². The van der Waals surface area contributed by atoms with Gasteiger partial charge in [0.15, 0.2) is 5.16 Å². The maximum atomic E-state index is 12.9. The maximum absolute atomic E-state index is 12.9. The molecule has 4 rings (SSSR count). The van der Waals surface area contributed by atoms with Crippen LogP contribution in [0.15, 0.2) is 52.9 Å². The van der Waals surface area contributed by atoms with Gasteiger partial charge in [-0.2, -0.15) is 13.2 Å². The minimum atomic E-state index is -4.55. The average Bonchev–Trinajstić information content (AvgIpc) is 3.20. The molecule has 4 aromatic rings. The van der Waals surface area contributed by atoms with E-state index < -0.39 is 12.0 Å². The number of aromatic nitrogens is 5. The lowest BCUT2D eigenvalue weighted by Crippen LogP contribution is -2.12. The molecule has 26 heavy (non-hydrogen) atoms. The molecule has 0 N–H and O–H groups in total. The van der Waals surface area contributed by atoms with Crippen molar-refractivity contribution in [3.8, 4) is 10.4 Å². The van der Waals surface area contributed by atoms with Crippen LogP contribution in [-0.4, -0.2) is 24.7 Å². The predicted octanol–water partition coefficient (Wildman–Crippen LogP) is 4.66. The predicted molar refractivity (Wildman–Crippen MR) is 93.0 cm³/mol. The number of rotatable bonds is 3. The van der Waals surface area contributed by atoms with Gasteiger partial charge in [-0.25, -0.2) is 9.97 Å². The van der Waals surface area contributed by atoms with Crippen LogP contribution in [0.1, 0.15) is 5.82 Å². The summed E-state index contributed by atoms with van der Waals surface area (Å²) in [5.41, 5.74) is 1.05. The zero-order chi connectivity index (χ0) is 18.3. The van der Waals surface area contributed by atoms with Crippen LogP contribution in [0.3, 0.4) is 0 Å². The molecule has 3 heterocycles. The fraction of sp³-hybridized carbons (Fsp3) is 0.125. The molecule has 0 saturated heterocycles. The van der Waals surface area contributed by atoms with E-state index in [1.807, 2.05) is 36.4 Å². The number of benzene rings is 1. The summed E-state index contributed by atoms with van der Waals surface area (Å²) in [6.07, 6.45) is -3.15. The van der Waals surface area contributed by atoms with E-state index in [0.29, 0.717) is 5.03 Å². The lowest BCUT2D eigenvalue weighted by molar-refractivity contribution is -0.147. The number of nitrogens with zero attached hydrogens (tertiary/aromatic N) is 5. The lowest BCUT2D eigenvalue weighted by atomic mass is 10.2. The van der Waals surface area contributed by atoms with Gasteiger partial charge in [0.05, 0.1) is 0 Å². The molecule has 1 aromatic carbocycles. The molecule has 0 spiro atoms. The molecule has 10 heteroatoms. The van der Waals surface area contributed by atoms with E-state index in [1.54, 1.807) is 0 Å². The number of fused-ring (bicyclic) bond motifs is 1. The third-order valence-corrected chi connectivity index (χ3v) is 5.78. The van der Waals surface area contributed by atoms with Crippen LogP contribution >= 0.6 is 23.1 Å². The second-order valence-electron chi connectivity index (χ2n) is 5.34. The highest BCUT2D eigenvalue weighted by Gasteiger charge is 2.37. The number of alkyl halides is 3. The monoisotopic (exact) mass is 393 g/mol. The van der Waals surface area contributed by atoms with E-state index in [1.165, 1.54) is 24.7 Å². The number of hydrogen-bond acceptors (Lipinski definition) is 6. The van der Waals surface area contributed by atoms with Gasteiger partial charge in [0.1, 0.15) is 16.2 Å². The lowest BCUT2D eigenvalue weighted by Gasteiger charge is -2.06. The number of thiophene rings is 1. The van der Waals surface area contributed by atoms with E-state index in [0.717, 1.165) is 37.0 Å². The third kappa shape index (κ3) is 3.06. The quantitative estimate of drug-likeness (QED) is 0.474. The topological polar surface area (TPSA) is 56.5 Å². The first-order chi connectivity index (χ1) is 12.4. The van der Waals surface area contributed by atoms with Crippen molar-refractivity contribution in [3.05, 3.63) is 48.5 Å². The number of halogens is 3. The summed E-state index contributed by atoms with van der Waals surface area (Å²) in [5.74, 6) is -1.04. The van der Waals surface area contributed by atoms with Crippen molar-refractivity contribution in [1.82, 2.24) is 24.7 Å². The minimum Gasteiger partial charge on any atom is -0.301 e. The number of hydrogen-bond donors (Lipinski definition) is 0. The molecule has 0 amide bonds. The summed E-state index contributed by atoms with van der Waals surface area (Å²) >= 11 is 2.54. The molecule has 0 unspecified atom stereocenters. The molecule has 0 aliphatic heterocycles. The van der Waals surface area contributed by atoms with E-state index in [-0.39, 0.29) is 5.16 Å². The first kappa shape index (κ1) is 17.0. The molecule has 5 nitrogen and oxygen atoms in total. The van der Waals surface area contributed by atoms with Crippen molar-refractivity contribution >= 4 is 33.3 Å². The summed E-state index contributed by atoms with van der Waals surface area (Å²) in [6, 6.07) is 11.7. The first-order valence-electron chi connectivity index (χ1n) is 7.38. The maximum Gasteiger partial charge on any atom is 0.451 e. The highest BCUT2D eigenvalue weighted by molar-refractivity contribution is 7.99. The molecule has 0 radical (unpaired) electrons. The van der Waals surface area contributed by atoms with E-state index in [4.69, 9.17) is 0 Å². The van der Waals surface area contributed by atoms with Gasteiger partial charge in [0.25, 0.3) is 0 Å². The molecular formula is C16H10F3N5S2. The Morgan fingerprint density at radius 2 is 1.85 bits per heavy atom. The molecule has 0 aliphatic rings. The fourth-order valence-electron chi connectivity index (χ4n) is 2.40. The van der Waals surface area contributed by atoms with Crippen LogP contribution in [0.5, 0.6) is 0 Å². The smallest absolute Gasteiger partial charge is 0.301 e. The molecule has 0 aliphatic carbocycles. The van der Waals surface area contributed by atoms with Crippen molar-refractivity contribution in [1.29, 1.82) is 0 Å². The molecular weight excluding hydrogens is 383 g/mol. The van der Waals surface area contributed by atoms with Crippen LogP contribution in [0.25, 0.3) is 20.7 Å². The summed E-state index contributed by atoms with van der Waals surface area (Å²) < 4.78 is 39.6. The van der Waals surface area contributed by atoms with Crippen molar-refractivity contribution in [3.63, 3.8) is 0 Å². The molecule has 3 aromatic heterocycles. The average molecular weight is 393 g/mol. The molecule has 0 bridgehead atoms. The minimum absolute atomic E-state index is 0.116. The second kappa shape index (κ2) is 6.36. The van der Waals surface area contributed by atoms with Crippen LogP contribution in [0.2, 0.25) is 0 Å². The highest BCUT2D eigenvalue weighted by atomic mass is 32.2. The van der Waals surface area contributed by atoms with Gasteiger partial charge in [-0.1, -0.05) is 30.3 Å². The van der Waals surface area contributed by atoms with Gasteiger partial charge in [-0.05, 0) is 23.4 Å². The van der Waals surface area contributed by atoms with E-state index >= 15 is 0 Å². The molecule has 0 fully saturated rings. The normalized spacial score (nSPS) is 12.0. The largest absolute Gasteiger partial charge is 0.451 e. The van der Waals surface area contributed by atoms with Gasteiger partial charge in [-0.15, -0.1) is 21.5 Å². The summed E-state index contributed by atoms with van der Waals surface area (Å²) in [7, 11) is 1.28. The highest BCUT2D eigenvalue weighted by Crippen LogP contribution is 2.38. The van der Waals surface area contributed by atoms with Gasteiger partial charge in [0.2, 0.25) is 5.82 Å². The van der Waals surface area contributed by atoms with Gasteiger partial charge in [0, 0.05) is 17.3 Å². The third-order valence-electron chi connectivity index (χ3n) is 3.63. The Morgan fingerprint density at radius 1 is 1.08 bits per heavy atom.